The zero-order valence-electron chi connectivity index (χ0n) is 19.4. The number of esters is 1. The highest BCUT2D eigenvalue weighted by atomic mass is 16.5. The van der Waals surface area contributed by atoms with Gasteiger partial charge in [-0.25, -0.2) is 0 Å². The van der Waals surface area contributed by atoms with Gasteiger partial charge in [-0.1, -0.05) is 25.5 Å². The van der Waals surface area contributed by atoms with Gasteiger partial charge < -0.3 is 9.47 Å². The molecule has 0 spiro atoms. The summed E-state index contributed by atoms with van der Waals surface area (Å²) >= 11 is 0. The number of Topliss-reactive ketones (excluding diaryl/α,β-unsaturated/α-hetero) is 1. The van der Waals surface area contributed by atoms with Crippen LogP contribution >= 0.6 is 0 Å². The molecule has 1 aliphatic heterocycles. The first-order valence-corrected chi connectivity index (χ1v) is 12.6. The summed E-state index contributed by atoms with van der Waals surface area (Å²) in [6.45, 7) is 8.84. The van der Waals surface area contributed by atoms with Gasteiger partial charge in [-0.05, 0) is 61.7 Å². The van der Waals surface area contributed by atoms with E-state index in [1.165, 1.54) is 12.0 Å². The van der Waals surface area contributed by atoms with Crippen LogP contribution in [0.5, 0.6) is 0 Å². The van der Waals surface area contributed by atoms with Gasteiger partial charge >= 0.3 is 5.97 Å². The molecule has 0 aromatic rings. The highest BCUT2D eigenvalue weighted by molar-refractivity contribution is 5.87. The SMILES string of the molecule is C[C@]12CCC(OC(=O)CCN3CCOCC3)CC1=CCC1C2CC[C@]2(C)C(=O)CCC12. The number of hydrogen-bond acceptors (Lipinski definition) is 5. The van der Waals surface area contributed by atoms with Crippen molar-refractivity contribution < 1.29 is 19.1 Å². The van der Waals surface area contributed by atoms with Gasteiger partial charge in [0.1, 0.15) is 11.9 Å². The monoisotopic (exact) mass is 429 g/mol. The number of rotatable bonds is 4. The van der Waals surface area contributed by atoms with Crippen LogP contribution in [0.3, 0.4) is 0 Å². The molecule has 1 heterocycles. The molecule has 0 N–H and O–H groups in total. The minimum atomic E-state index is -0.0594. The number of carbonyl (C=O) groups is 2. The summed E-state index contributed by atoms with van der Waals surface area (Å²) in [5.74, 6) is 2.39. The fourth-order valence-corrected chi connectivity index (χ4v) is 7.82. The lowest BCUT2D eigenvalue weighted by molar-refractivity contribution is -0.152. The van der Waals surface area contributed by atoms with E-state index in [9.17, 15) is 9.59 Å². The van der Waals surface area contributed by atoms with E-state index < -0.39 is 0 Å². The molecule has 0 aromatic heterocycles. The summed E-state index contributed by atoms with van der Waals surface area (Å²) in [5.41, 5.74) is 1.70. The van der Waals surface area contributed by atoms with Crippen LogP contribution in [-0.2, 0) is 19.1 Å². The van der Waals surface area contributed by atoms with Crippen molar-refractivity contribution in [2.45, 2.75) is 77.7 Å². The number of hydrogen-bond donors (Lipinski definition) is 0. The van der Waals surface area contributed by atoms with Gasteiger partial charge in [0, 0.05) is 37.9 Å². The first-order chi connectivity index (χ1) is 14.9. The molecule has 0 amide bonds. The Hall–Kier alpha value is -1.20. The van der Waals surface area contributed by atoms with Crippen molar-refractivity contribution in [1.82, 2.24) is 4.90 Å². The van der Waals surface area contributed by atoms with Crippen LogP contribution in [0.25, 0.3) is 0 Å². The molecule has 4 fully saturated rings. The van der Waals surface area contributed by atoms with E-state index in [4.69, 9.17) is 9.47 Å². The van der Waals surface area contributed by atoms with E-state index in [0.29, 0.717) is 30.0 Å². The van der Waals surface area contributed by atoms with Crippen molar-refractivity contribution in [2.24, 2.45) is 28.6 Å². The molecule has 6 atom stereocenters. The molecule has 5 aliphatic rings. The van der Waals surface area contributed by atoms with E-state index in [0.717, 1.165) is 77.8 Å². The number of allylic oxidation sites excluding steroid dienone is 1. The van der Waals surface area contributed by atoms with Crippen molar-refractivity contribution in [3.63, 3.8) is 0 Å². The Morgan fingerprint density at radius 3 is 2.68 bits per heavy atom. The molecule has 3 saturated carbocycles. The normalized spacial score (nSPS) is 42.9. The fraction of sp³-hybridized carbons (Fsp3) is 0.846. The van der Waals surface area contributed by atoms with E-state index >= 15 is 0 Å². The van der Waals surface area contributed by atoms with E-state index in [2.05, 4.69) is 24.8 Å². The van der Waals surface area contributed by atoms with Gasteiger partial charge in [0.25, 0.3) is 0 Å². The summed E-state index contributed by atoms with van der Waals surface area (Å²) in [4.78, 5) is 27.4. The lowest BCUT2D eigenvalue weighted by Gasteiger charge is -2.56. The summed E-state index contributed by atoms with van der Waals surface area (Å²) < 4.78 is 11.3. The first kappa shape index (κ1) is 21.6. The van der Waals surface area contributed by atoms with Gasteiger partial charge in [0.05, 0.1) is 19.6 Å². The Morgan fingerprint density at radius 1 is 1.13 bits per heavy atom. The summed E-state index contributed by atoms with van der Waals surface area (Å²) in [6, 6.07) is 0. The average molecular weight is 430 g/mol. The van der Waals surface area contributed by atoms with E-state index in [1.54, 1.807) is 0 Å². The zero-order valence-corrected chi connectivity index (χ0v) is 19.4. The molecule has 0 aromatic carbocycles. The van der Waals surface area contributed by atoms with Gasteiger partial charge in [0.15, 0.2) is 0 Å². The Bertz CT molecular complexity index is 757. The highest BCUT2D eigenvalue weighted by Gasteiger charge is 2.58. The van der Waals surface area contributed by atoms with Crippen LogP contribution in [0.1, 0.15) is 71.6 Å². The van der Waals surface area contributed by atoms with Gasteiger partial charge in [-0.15, -0.1) is 0 Å². The minimum Gasteiger partial charge on any atom is -0.462 e. The molecule has 1 saturated heterocycles. The number of ether oxygens (including phenoxy) is 2. The molecule has 4 aliphatic carbocycles. The predicted molar refractivity (Wildman–Crippen MR) is 118 cm³/mol. The predicted octanol–water partition coefficient (Wildman–Crippen LogP) is 4.15. The standard InChI is InChI=1S/C26H39NO4/c1-25-10-7-19(31-24(29)9-12-27-13-15-30-16-14-27)17-18(25)3-4-20-21-5-6-23(28)26(21,2)11-8-22(20)25/h3,19-22H,4-17H2,1-2H3/t19?,20?,21?,22?,25-,26-/m0/s1. The summed E-state index contributed by atoms with van der Waals surface area (Å²) in [5, 5.41) is 0. The third-order valence-electron chi connectivity index (χ3n) is 9.80. The molecule has 0 bridgehead atoms. The van der Waals surface area contributed by atoms with Gasteiger partial charge in [0.2, 0.25) is 0 Å². The Labute approximate surface area is 186 Å². The summed E-state index contributed by atoms with van der Waals surface area (Å²) in [7, 11) is 0. The third-order valence-corrected chi connectivity index (χ3v) is 9.80. The topological polar surface area (TPSA) is 55.8 Å². The van der Waals surface area contributed by atoms with Crippen molar-refractivity contribution in [3.05, 3.63) is 11.6 Å². The maximum Gasteiger partial charge on any atom is 0.307 e. The van der Waals surface area contributed by atoms with E-state index in [-0.39, 0.29) is 22.9 Å². The lowest BCUT2D eigenvalue weighted by Crippen LogP contribution is -2.50. The maximum absolute atomic E-state index is 12.6. The Morgan fingerprint density at radius 2 is 1.87 bits per heavy atom. The quantitative estimate of drug-likeness (QED) is 0.496. The second kappa shape index (κ2) is 8.30. The van der Waals surface area contributed by atoms with Gasteiger partial charge in [-0.2, -0.15) is 0 Å². The van der Waals surface area contributed by atoms with Gasteiger partial charge in [-0.3, -0.25) is 14.5 Å². The lowest BCUT2D eigenvalue weighted by atomic mass is 9.48. The zero-order chi connectivity index (χ0) is 21.6. The minimum absolute atomic E-state index is 0.0370. The smallest absolute Gasteiger partial charge is 0.307 e. The number of ketones is 1. The summed E-state index contributed by atoms with van der Waals surface area (Å²) in [6.07, 6.45) is 11.2. The first-order valence-electron chi connectivity index (χ1n) is 12.6. The molecule has 0 radical (unpaired) electrons. The Kier molecular flexibility index (Phi) is 5.79. The molecular formula is C26H39NO4. The van der Waals surface area contributed by atoms with Crippen LogP contribution in [0.4, 0.5) is 0 Å². The Balaban J connectivity index is 1.20. The molecule has 4 unspecified atom stereocenters. The van der Waals surface area contributed by atoms with Crippen LogP contribution < -0.4 is 0 Å². The highest BCUT2D eigenvalue weighted by Crippen LogP contribution is 2.64. The molecule has 172 valence electrons. The fourth-order valence-electron chi connectivity index (χ4n) is 7.82. The average Bonchev–Trinajstić information content (AvgIpc) is 3.08. The second-order valence-corrected chi connectivity index (χ2v) is 11.2. The molecule has 5 nitrogen and oxygen atoms in total. The molecule has 5 rings (SSSR count). The molecule has 5 heteroatoms. The maximum atomic E-state index is 12.6. The molecular weight excluding hydrogens is 390 g/mol. The largest absolute Gasteiger partial charge is 0.462 e. The third kappa shape index (κ3) is 3.80. The van der Waals surface area contributed by atoms with Crippen molar-refractivity contribution in [3.8, 4) is 0 Å². The molecule has 31 heavy (non-hydrogen) atoms. The number of morpholine rings is 1. The number of carbonyl (C=O) groups excluding carboxylic acids is 2. The van der Waals surface area contributed by atoms with Crippen molar-refractivity contribution in [2.75, 3.05) is 32.8 Å². The second-order valence-electron chi connectivity index (χ2n) is 11.2. The van der Waals surface area contributed by atoms with E-state index in [1.807, 2.05) is 0 Å². The number of nitrogens with zero attached hydrogens (tertiary/aromatic N) is 1. The van der Waals surface area contributed by atoms with Crippen LogP contribution in [0.15, 0.2) is 11.6 Å². The van der Waals surface area contributed by atoms with Crippen LogP contribution in [0.2, 0.25) is 0 Å². The van der Waals surface area contributed by atoms with Crippen LogP contribution in [0, 0.1) is 28.6 Å². The van der Waals surface area contributed by atoms with Crippen molar-refractivity contribution >= 4 is 11.8 Å². The van der Waals surface area contributed by atoms with Crippen LogP contribution in [-0.4, -0.2) is 55.6 Å². The number of fused-ring (bicyclic) bond motifs is 5. The van der Waals surface area contributed by atoms with Crippen molar-refractivity contribution in [1.29, 1.82) is 0 Å².